The topological polar surface area (TPSA) is 19.9 Å². The number of hydrogen-bond donors (Lipinski definition) is 0. The summed E-state index contributed by atoms with van der Waals surface area (Å²) in [5.74, 6) is 0.0500. The van der Waals surface area contributed by atoms with Crippen LogP contribution in [0.2, 0.25) is 0 Å². The Kier molecular flexibility index (Phi) is 2.30. The average Bonchev–Trinajstić information content (AvgIpc) is 2.39. The van der Waals surface area contributed by atoms with Crippen molar-refractivity contribution in [3.05, 3.63) is 66.7 Å². The minimum absolute atomic E-state index is 0.0500. The fraction of sp³-hybridized carbons (Fsp3) is 0. The summed E-state index contributed by atoms with van der Waals surface area (Å²) in [4.78, 5) is 0. The summed E-state index contributed by atoms with van der Waals surface area (Å²) in [6.45, 7) is 0. The van der Waals surface area contributed by atoms with Gasteiger partial charge in [-0.1, -0.05) is 54.6 Å². The van der Waals surface area contributed by atoms with Crippen molar-refractivity contribution < 1.29 is 5.11 Å². The highest BCUT2D eigenvalue weighted by molar-refractivity contribution is 5.96. The zero-order chi connectivity index (χ0) is 11.7. The summed E-state index contributed by atoms with van der Waals surface area (Å²) in [6.07, 6.45) is 0. The molecule has 0 aliphatic carbocycles. The minimum atomic E-state index is 0.0500. The van der Waals surface area contributed by atoms with Gasteiger partial charge in [-0.25, -0.2) is 0 Å². The highest BCUT2D eigenvalue weighted by Gasteiger charge is 2.02. The van der Waals surface area contributed by atoms with Crippen molar-refractivity contribution in [2.24, 2.45) is 0 Å². The van der Waals surface area contributed by atoms with Crippen LogP contribution in [0.3, 0.4) is 0 Å². The van der Waals surface area contributed by atoms with Gasteiger partial charge in [0, 0.05) is 0 Å². The number of hydrogen-bond acceptors (Lipinski definition) is 0. The van der Waals surface area contributed by atoms with E-state index in [1.54, 1.807) is 12.1 Å². The van der Waals surface area contributed by atoms with Crippen LogP contribution >= 0.6 is 0 Å². The zero-order valence-corrected chi connectivity index (χ0v) is 9.26. The number of benzene rings is 3. The lowest BCUT2D eigenvalue weighted by molar-refractivity contribution is 0.355. The highest BCUT2D eigenvalue weighted by Crippen LogP contribution is 2.29. The third kappa shape index (κ3) is 1.76. The summed E-state index contributed by atoms with van der Waals surface area (Å²) in [6, 6.07) is 21.5. The van der Waals surface area contributed by atoms with E-state index in [1.165, 1.54) is 16.3 Å². The van der Waals surface area contributed by atoms with E-state index < -0.39 is 0 Å². The molecule has 0 atom stereocenters. The standard InChI is InChI=1S/C16H11O/c17-14-10-8-13(9-11-14)16-7-3-5-12-4-1-2-6-15(12)16/h1-11H. The Bertz CT molecular complexity index is 648. The maximum atomic E-state index is 11.1. The second kappa shape index (κ2) is 3.95. The van der Waals surface area contributed by atoms with Gasteiger partial charge in [-0.2, -0.15) is 0 Å². The van der Waals surface area contributed by atoms with Gasteiger partial charge in [-0.3, -0.25) is 5.11 Å². The first-order valence-electron chi connectivity index (χ1n) is 5.60. The minimum Gasteiger partial charge on any atom is -0.290 e. The molecular weight excluding hydrogens is 208 g/mol. The lowest BCUT2D eigenvalue weighted by Crippen LogP contribution is -1.80. The van der Waals surface area contributed by atoms with Gasteiger partial charge in [-0.05, 0) is 34.0 Å². The quantitative estimate of drug-likeness (QED) is 0.567. The van der Waals surface area contributed by atoms with Crippen molar-refractivity contribution in [1.29, 1.82) is 0 Å². The Morgan fingerprint density at radius 2 is 1.35 bits per heavy atom. The van der Waals surface area contributed by atoms with Crippen LogP contribution < -0.4 is 0 Å². The van der Waals surface area contributed by atoms with Gasteiger partial charge in [0.1, 0.15) is 0 Å². The SMILES string of the molecule is [O]c1ccc(-c2cccc3ccccc23)cc1. The first-order valence-corrected chi connectivity index (χ1v) is 5.60. The maximum absolute atomic E-state index is 11.1. The fourth-order valence-corrected chi connectivity index (χ4v) is 2.11. The van der Waals surface area contributed by atoms with Crippen molar-refractivity contribution >= 4 is 10.8 Å². The van der Waals surface area contributed by atoms with Crippen LogP contribution in [-0.2, 0) is 5.11 Å². The van der Waals surface area contributed by atoms with Crippen molar-refractivity contribution in [1.82, 2.24) is 0 Å². The molecule has 0 N–H and O–H groups in total. The van der Waals surface area contributed by atoms with E-state index >= 15 is 0 Å². The predicted octanol–water partition coefficient (Wildman–Crippen LogP) is 4.65. The van der Waals surface area contributed by atoms with E-state index in [-0.39, 0.29) is 5.75 Å². The fourth-order valence-electron chi connectivity index (χ4n) is 2.11. The van der Waals surface area contributed by atoms with Crippen molar-refractivity contribution in [3.63, 3.8) is 0 Å². The zero-order valence-electron chi connectivity index (χ0n) is 9.26. The molecule has 81 valence electrons. The molecule has 0 heterocycles. The van der Waals surface area contributed by atoms with Crippen molar-refractivity contribution in [2.75, 3.05) is 0 Å². The molecule has 0 unspecified atom stereocenters. The molecule has 0 aliphatic heterocycles. The summed E-state index contributed by atoms with van der Waals surface area (Å²) < 4.78 is 0. The molecule has 3 aromatic carbocycles. The Morgan fingerprint density at radius 3 is 2.18 bits per heavy atom. The number of rotatable bonds is 1. The van der Waals surface area contributed by atoms with Crippen molar-refractivity contribution in [3.8, 4) is 16.9 Å². The van der Waals surface area contributed by atoms with E-state index in [2.05, 4.69) is 24.3 Å². The molecule has 0 saturated carbocycles. The lowest BCUT2D eigenvalue weighted by Gasteiger charge is -2.06. The normalized spacial score (nSPS) is 10.6. The monoisotopic (exact) mass is 219 g/mol. The van der Waals surface area contributed by atoms with Gasteiger partial charge < -0.3 is 0 Å². The third-order valence-corrected chi connectivity index (χ3v) is 2.95. The van der Waals surface area contributed by atoms with E-state index in [4.69, 9.17) is 0 Å². The lowest BCUT2D eigenvalue weighted by atomic mass is 9.98. The number of fused-ring (bicyclic) bond motifs is 1. The Hall–Kier alpha value is -2.28. The molecule has 17 heavy (non-hydrogen) atoms. The highest BCUT2D eigenvalue weighted by atomic mass is 16.3. The van der Waals surface area contributed by atoms with Crippen LogP contribution in [0.25, 0.3) is 21.9 Å². The molecule has 1 nitrogen and oxygen atoms in total. The summed E-state index contributed by atoms with van der Waals surface area (Å²) >= 11 is 0. The van der Waals surface area contributed by atoms with Crippen LogP contribution in [0.1, 0.15) is 0 Å². The first kappa shape index (κ1) is 9.91. The van der Waals surface area contributed by atoms with Gasteiger partial charge in [0.2, 0.25) is 0 Å². The maximum Gasteiger partial charge on any atom is 0.178 e. The molecule has 0 spiro atoms. The van der Waals surface area contributed by atoms with E-state index in [9.17, 15) is 5.11 Å². The molecule has 3 rings (SSSR count). The van der Waals surface area contributed by atoms with Gasteiger partial charge in [-0.15, -0.1) is 0 Å². The van der Waals surface area contributed by atoms with Crippen LogP contribution in [0.5, 0.6) is 5.75 Å². The van der Waals surface area contributed by atoms with Crippen LogP contribution in [0.4, 0.5) is 0 Å². The van der Waals surface area contributed by atoms with Crippen LogP contribution in [0.15, 0.2) is 66.7 Å². The molecule has 0 bridgehead atoms. The largest absolute Gasteiger partial charge is 0.290 e. The Balaban J connectivity index is 2.27. The molecule has 0 aromatic heterocycles. The second-order valence-corrected chi connectivity index (χ2v) is 4.05. The third-order valence-electron chi connectivity index (χ3n) is 2.95. The van der Waals surface area contributed by atoms with E-state index in [1.807, 2.05) is 30.3 Å². The molecular formula is C16H11O. The predicted molar refractivity (Wildman–Crippen MR) is 69.5 cm³/mol. The van der Waals surface area contributed by atoms with E-state index in [0.717, 1.165) is 5.56 Å². The molecule has 0 fully saturated rings. The van der Waals surface area contributed by atoms with Crippen molar-refractivity contribution in [2.45, 2.75) is 0 Å². The smallest absolute Gasteiger partial charge is 0.178 e. The Morgan fingerprint density at radius 1 is 0.647 bits per heavy atom. The molecule has 0 aliphatic rings. The van der Waals surface area contributed by atoms with Gasteiger partial charge in [0.25, 0.3) is 0 Å². The molecule has 3 aromatic rings. The summed E-state index contributed by atoms with van der Waals surface area (Å²) in [5, 5.41) is 13.6. The first-order chi connectivity index (χ1) is 8.34. The van der Waals surface area contributed by atoms with Gasteiger partial charge in [0.15, 0.2) is 5.75 Å². The molecule has 0 amide bonds. The second-order valence-electron chi connectivity index (χ2n) is 4.05. The molecule has 0 saturated heterocycles. The Labute approximate surface area is 100.0 Å². The van der Waals surface area contributed by atoms with Crippen LogP contribution in [0, 0.1) is 0 Å². The molecule has 1 heteroatoms. The van der Waals surface area contributed by atoms with E-state index in [0.29, 0.717) is 0 Å². The average molecular weight is 219 g/mol. The molecule has 1 radical (unpaired) electrons. The summed E-state index contributed by atoms with van der Waals surface area (Å²) in [5.41, 5.74) is 2.25. The van der Waals surface area contributed by atoms with Gasteiger partial charge >= 0.3 is 0 Å². The summed E-state index contributed by atoms with van der Waals surface area (Å²) in [7, 11) is 0. The van der Waals surface area contributed by atoms with Crippen LogP contribution in [-0.4, -0.2) is 0 Å². The van der Waals surface area contributed by atoms with Gasteiger partial charge in [0.05, 0.1) is 0 Å².